The third kappa shape index (κ3) is 3.47. The van der Waals surface area contributed by atoms with Crippen molar-refractivity contribution >= 4 is 0 Å². The third-order valence-corrected chi connectivity index (χ3v) is 3.00. The van der Waals surface area contributed by atoms with Crippen LogP contribution in [0.15, 0.2) is 12.4 Å². The summed E-state index contributed by atoms with van der Waals surface area (Å²) in [5, 5.41) is 3.14. The van der Waals surface area contributed by atoms with Gasteiger partial charge in [-0.25, -0.2) is 4.98 Å². The Labute approximate surface area is 99.0 Å². The fourth-order valence-corrected chi connectivity index (χ4v) is 1.98. The predicted molar refractivity (Wildman–Crippen MR) is 58.7 cm³/mol. The molecule has 0 spiro atoms. The van der Waals surface area contributed by atoms with Gasteiger partial charge in [-0.2, -0.15) is 8.78 Å². The Morgan fingerprint density at radius 2 is 2.47 bits per heavy atom. The molecule has 0 saturated carbocycles. The lowest BCUT2D eigenvalue weighted by molar-refractivity contribution is 0.0666. The normalized spacial score (nSPS) is 20.3. The largest absolute Gasteiger partial charge is 0.381 e. The number of alkyl halides is 2. The molecule has 1 unspecified atom stereocenters. The Kier molecular flexibility index (Phi) is 4.44. The molecule has 0 amide bonds. The minimum absolute atomic E-state index is 0.377. The molecule has 1 fully saturated rings. The molecule has 6 heteroatoms. The van der Waals surface area contributed by atoms with Crippen LogP contribution in [0.4, 0.5) is 8.78 Å². The first-order valence-corrected chi connectivity index (χ1v) is 5.85. The molecule has 1 saturated heterocycles. The zero-order valence-corrected chi connectivity index (χ0v) is 9.61. The van der Waals surface area contributed by atoms with Gasteiger partial charge in [0.25, 0.3) is 0 Å². The van der Waals surface area contributed by atoms with Gasteiger partial charge in [0.2, 0.25) is 0 Å². The van der Waals surface area contributed by atoms with Gasteiger partial charge in [0, 0.05) is 25.6 Å². The maximum absolute atomic E-state index is 12.5. The highest BCUT2D eigenvalue weighted by molar-refractivity contribution is 4.92. The van der Waals surface area contributed by atoms with Crippen molar-refractivity contribution in [1.29, 1.82) is 0 Å². The molecule has 4 nitrogen and oxygen atoms in total. The molecule has 1 aromatic heterocycles. The topological polar surface area (TPSA) is 39.1 Å². The summed E-state index contributed by atoms with van der Waals surface area (Å²) in [6.45, 7) is 0.348. The number of aromatic nitrogens is 2. The fraction of sp³-hybridized carbons (Fsp3) is 0.727. The minimum atomic E-state index is -2.52. The average molecular weight is 245 g/mol. The summed E-state index contributed by atoms with van der Waals surface area (Å²) >= 11 is 0. The first kappa shape index (κ1) is 12.4. The van der Waals surface area contributed by atoms with Crippen molar-refractivity contribution in [2.45, 2.75) is 25.9 Å². The van der Waals surface area contributed by atoms with E-state index < -0.39 is 6.55 Å². The van der Waals surface area contributed by atoms with Crippen LogP contribution in [-0.4, -0.2) is 29.3 Å². The molecule has 0 bridgehead atoms. The van der Waals surface area contributed by atoms with E-state index >= 15 is 0 Å². The van der Waals surface area contributed by atoms with Crippen LogP contribution in [0.3, 0.4) is 0 Å². The Morgan fingerprint density at radius 3 is 3.18 bits per heavy atom. The first-order chi connectivity index (χ1) is 8.27. The molecular weight excluding hydrogens is 228 g/mol. The molecule has 1 N–H and O–H groups in total. The van der Waals surface area contributed by atoms with Crippen LogP contribution in [0.25, 0.3) is 0 Å². The number of nitrogens with one attached hydrogen (secondary N) is 1. The maximum Gasteiger partial charge on any atom is 0.319 e. The molecular formula is C11H17F2N3O. The van der Waals surface area contributed by atoms with Gasteiger partial charge in [-0.05, 0) is 25.3 Å². The third-order valence-electron chi connectivity index (χ3n) is 3.00. The van der Waals surface area contributed by atoms with Gasteiger partial charge >= 0.3 is 6.55 Å². The van der Waals surface area contributed by atoms with Crippen LogP contribution in [-0.2, 0) is 11.3 Å². The van der Waals surface area contributed by atoms with Crippen LogP contribution >= 0.6 is 0 Å². The van der Waals surface area contributed by atoms with Crippen LogP contribution in [0.5, 0.6) is 0 Å². The van der Waals surface area contributed by atoms with Crippen molar-refractivity contribution in [2.75, 3.05) is 19.8 Å². The smallest absolute Gasteiger partial charge is 0.319 e. The molecule has 96 valence electrons. The SMILES string of the molecule is FC(F)n1ccnc1CNCCC1CCOC1. The second-order valence-electron chi connectivity index (χ2n) is 4.22. The van der Waals surface area contributed by atoms with E-state index in [9.17, 15) is 8.78 Å². The summed E-state index contributed by atoms with van der Waals surface area (Å²) in [6.07, 6.45) is 4.82. The molecule has 1 aromatic rings. The number of imidazole rings is 1. The van der Waals surface area contributed by atoms with Crippen molar-refractivity contribution in [2.24, 2.45) is 5.92 Å². The molecule has 2 heterocycles. The van der Waals surface area contributed by atoms with Crippen molar-refractivity contribution in [3.8, 4) is 0 Å². The van der Waals surface area contributed by atoms with Crippen LogP contribution in [0.2, 0.25) is 0 Å². The van der Waals surface area contributed by atoms with Gasteiger partial charge in [0.15, 0.2) is 0 Å². The van der Waals surface area contributed by atoms with Crippen LogP contribution in [0.1, 0.15) is 25.2 Å². The number of halogens is 2. The van der Waals surface area contributed by atoms with E-state index in [-0.39, 0.29) is 0 Å². The number of rotatable bonds is 6. The van der Waals surface area contributed by atoms with Gasteiger partial charge < -0.3 is 10.1 Å². The Balaban J connectivity index is 1.68. The van der Waals surface area contributed by atoms with Crippen LogP contribution < -0.4 is 5.32 Å². The summed E-state index contributed by atoms with van der Waals surface area (Å²) in [5.41, 5.74) is 0. The van der Waals surface area contributed by atoms with E-state index in [0.717, 1.165) is 37.2 Å². The van der Waals surface area contributed by atoms with Crippen molar-refractivity contribution in [3.05, 3.63) is 18.2 Å². The second kappa shape index (κ2) is 6.07. The highest BCUT2D eigenvalue weighted by Gasteiger charge is 2.15. The summed E-state index contributed by atoms with van der Waals surface area (Å²) < 4.78 is 31.1. The molecule has 17 heavy (non-hydrogen) atoms. The molecule has 2 rings (SSSR count). The van der Waals surface area contributed by atoms with E-state index in [0.29, 0.717) is 18.3 Å². The number of nitrogens with zero attached hydrogens (tertiary/aromatic N) is 2. The number of hydrogen-bond acceptors (Lipinski definition) is 3. The van der Waals surface area contributed by atoms with Gasteiger partial charge in [-0.3, -0.25) is 4.57 Å². The minimum Gasteiger partial charge on any atom is -0.381 e. The second-order valence-corrected chi connectivity index (χ2v) is 4.22. The highest BCUT2D eigenvalue weighted by atomic mass is 19.3. The standard InChI is InChI=1S/C11H17F2N3O/c12-11(13)16-5-4-15-10(16)7-14-3-1-9-2-6-17-8-9/h4-5,9,11,14H,1-3,6-8H2. The number of hydrogen-bond donors (Lipinski definition) is 1. The molecule has 1 atom stereocenters. The van der Waals surface area contributed by atoms with Gasteiger partial charge in [0.1, 0.15) is 5.82 Å². The van der Waals surface area contributed by atoms with Gasteiger partial charge in [-0.15, -0.1) is 0 Å². The molecule has 0 radical (unpaired) electrons. The molecule has 0 aliphatic carbocycles. The molecule has 0 aromatic carbocycles. The zero-order chi connectivity index (χ0) is 12.1. The fourth-order valence-electron chi connectivity index (χ4n) is 1.98. The Hall–Kier alpha value is -1.01. The lowest BCUT2D eigenvalue weighted by Gasteiger charge is -2.09. The van der Waals surface area contributed by atoms with E-state index in [1.54, 1.807) is 0 Å². The zero-order valence-electron chi connectivity index (χ0n) is 9.61. The van der Waals surface area contributed by atoms with E-state index in [1.807, 2.05) is 0 Å². The van der Waals surface area contributed by atoms with Gasteiger partial charge in [0.05, 0.1) is 6.54 Å². The maximum atomic E-state index is 12.5. The van der Waals surface area contributed by atoms with E-state index in [2.05, 4.69) is 10.3 Å². The van der Waals surface area contributed by atoms with Crippen molar-refractivity contribution < 1.29 is 13.5 Å². The number of ether oxygens (including phenoxy) is 1. The highest BCUT2D eigenvalue weighted by Crippen LogP contribution is 2.15. The molecule has 1 aliphatic heterocycles. The summed E-state index contributed by atoms with van der Waals surface area (Å²) in [7, 11) is 0. The average Bonchev–Trinajstić information content (AvgIpc) is 2.95. The molecule has 1 aliphatic rings. The van der Waals surface area contributed by atoms with E-state index in [1.165, 1.54) is 12.4 Å². The Bertz CT molecular complexity index is 337. The summed E-state index contributed by atoms with van der Waals surface area (Å²) in [5.74, 6) is 0.986. The summed E-state index contributed by atoms with van der Waals surface area (Å²) in [6, 6.07) is 0. The lowest BCUT2D eigenvalue weighted by Crippen LogP contribution is -2.20. The lowest BCUT2D eigenvalue weighted by atomic mass is 10.1. The van der Waals surface area contributed by atoms with Crippen LogP contribution in [0, 0.1) is 5.92 Å². The Morgan fingerprint density at radius 1 is 1.59 bits per heavy atom. The van der Waals surface area contributed by atoms with E-state index in [4.69, 9.17) is 4.74 Å². The van der Waals surface area contributed by atoms with Crippen molar-refractivity contribution in [3.63, 3.8) is 0 Å². The van der Waals surface area contributed by atoms with Crippen molar-refractivity contribution in [1.82, 2.24) is 14.9 Å². The first-order valence-electron chi connectivity index (χ1n) is 5.85. The summed E-state index contributed by atoms with van der Waals surface area (Å²) in [4.78, 5) is 3.90. The predicted octanol–water partition coefficient (Wildman–Crippen LogP) is 1.79. The van der Waals surface area contributed by atoms with Gasteiger partial charge in [-0.1, -0.05) is 0 Å². The quantitative estimate of drug-likeness (QED) is 0.777. The monoisotopic (exact) mass is 245 g/mol.